The molecule has 7 heteroatoms. The third kappa shape index (κ3) is 2.43. The molecule has 0 aromatic heterocycles. The zero-order valence-corrected chi connectivity index (χ0v) is 13.2. The van der Waals surface area contributed by atoms with Crippen LogP contribution in [0, 0.1) is 0 Å². The molecule has 2 aliphatic rings. The van der Waals surface area contributed by atoms with Gasteiger partial charge in [0.25, 0.3) is 0 Å². The van der Waals surface area contributed by atoms with Crippen LogP contribution in [0.25, 0.3) is 6.08 Å². The maximum absolute atomic E-state index is 12.0. The predicted molar refractivity (Wildman–Crippen MR) is 90.0 cm³/mol. The van der Waals surface area contributed by atoms with Crippen LogP contribution in [0.1, 0.15) is 5.56 Å². The predicted octanol–water partition coefficient (Wildman–Crippen LogP) is 1.53. The van der Waals surface area contributed by atoms with Gasteiger partial charge in [0.15, 0.2) is 11.3 Å². The Kier molecular flexibility index (Phi) is 3.81. The molecule has 2 atom stereocenters. The van der Waals surface area contributed by atoms with Crippen LogP contribution in [0.15, 0.2) is 41.5 Å². The van der Waals surface area contributed by atoms with Gasteiger partial charge in [-0.1, -0.05) is 36.4 Å². The highest BCUT2D eigenvalue weighted by atomic mass is 32.1. The van der Waals surface area contributed by atoms with Crippen molar-refractivity contribution in [2.24, 2.45) is 5.10 Å². The number of carbonyl (C=O) groups excluding carboxylic acids is 1. The van der Waals surface area contributed by atoms with Gasteiger partial charge >= 0.3 is 6.03 Å². The van der Waals surface area contributed by atoms with Crippen LogP contribution in [-0.4, -0.2) is 58.6 Å². The number of nitrogens with zero attached hydrogens (tertiary/aromatic N) is 4. The van der Waals surface area contributed by atoms with Gasteiger partial charge in [-0.15, -0.1) is 0 Å². The highest BCUT2D eigenvalue weighted by Gasteiger charge is 2.51. The molecule has 1 aromatic rings. The molecule has 0 radical (unpaired) electrons. The maximum Gasteiger partial charge on any atom is 0.323 e. The summed E-state index contributed by atoms with van der Waals surface area (Å²) >= 11 is 5.29. The van der Waals surface area contributed by atoms with E-state index in [0.717, 1.165) is 5.56 Å². The zero-order valence-electron chi connectivity index (χ0n) is 12.4. The number of rotatable bonds is 3. The quantitative estimate of drug-likeness (QED) is 0.679. The number of fused-ring (bicyclic) bond motifs is 1. The normalized spacial score (nSPS) is 24.7. The maximum atomic E-state index is 12.0. The number of hydrogen-bond acceptors (Lipinski definition) is 3. The van der Waals surface area contributed by atoms with E-state index in [1.807, 2.05) is 42.5 Å². The highest BCUT2D eigenvalue weighted by Crippen LogP contribution is 2.26. The summed E-state index contributed by atoms with van der Waals surface area (Å²) in [4.78, 5) is 15.2. The molecule has 3 rings (SSSR count). The summed E-state index contributed by atoms with van der Waals surface area (Å²) in [6.07, 6.45) is 5.11. The van der Waals surface area contributed by atoms with Gasteiger partial charge in [0.1, 0.15) is 6.17 Å². The number of carbonyl (C=O) groups is 1. The summed E-state index contributed by atoms with van der Waals surface area (Å²) in [6, 6.07) is 9.92. The van der Waals surface area contributed by atoms with Gasteiger partial charge in [0, 0.05) is 20.3 Å². The van der Waals surface area contributed by atoms with E-state index in [9.17, 15) is 4.79 Å². The SMILES string of the molecule is CN1C(=O)N(C)C2C1NC(=S)N2/N=C/C=C/c1ccccc1. The molecule has 0 spiro atoms. The molecule has 0 bridgehead atoms. The number of urea groups is 1. The molecule has 22 heavy (non-hydrogen) atoms. The lowest BCUT2D eigenvalue weighted by Crippen LogP contribution is -2.41. The number of benzene rings is 1. The Balaban J connectivity index is 1.72. The van der Waals surface area contributed by atoms with Crippen LogP contribution in [0.4, 0.5) is 4.79 Å². The van der Waals surface area contributed by atoms with Gasteiger partial charge in [0.05, 0.1) is 0 Å². The first-order valence-electron chi connectivity index (χ1n) is 6.94. The molecule has 2 fully saturated rings. The van der Waals surface area contributed by atoms with Crippen molar-refractivity contribution in [2.45, 2.75) is 12.3 Å². The number of amides is 2. The van der Waals surface area contributed by atoms with Crippen molar-refractivity contribution in [3.05, 3.63) is 42.0 Å². The van der Waals surface area contributed by atoms with Crippen molar-refractivity contribution in [2.75, 3.05) is 14.1 Å². The van der Waals surface area contributed by atoms with Crippen LogP contribution in [0.5, 0.6) is 0 Å². The molecular weight excluding hydrogens is 298 g/mol. The Hall–Kier alpha value is -2.41. The van der Waals surface area contributed by atoms with E-state index < -0.39 is 0 Å². The second-order valence-electron chi connectivity index (χ2n) is 5.19. The lowest BCUT2D eigenvalue weighted by Gasteiger charge is -2.23. The summed E-state index contributed by atoms with van der Waals surface area (Å²) in [7, 11) is 3.50. The molecule has 2 saturated heterocycles. The Morgan fingerprint density at radius 1 is 1.23 bits per heavy atom. The van der Waals surface area contributed by atoms with Crippen LogP contribution in [0.3, 0.4) is 0 Å². The highest BCUT2D eigenvalue weighted by molar-refractivity contribution is 7.80. The van der Waals surface area contributed by atoms with Crippen molar-refractivity contribution in [1.82, 2.24) is 20.1 Å². The third-order valence-corrected chi connectivity index (χ3v) is 4.10. The molecule has 2 heterocycles. The molecule has 1 aromatic carbocycles. The lowest BCUT2D eigenvalue weighted by atomic mass is 10.2. The van der Waals surface area contributed by atoms with E-state index >= 15 is 0 Å². The average molecular weight is 315 g/mol. The van der Waals surface area contributed by atoms with Gasteiger partial charge in [-0.3, -0.25) is 0 Å². The average Bonchev–Trinajstić information content (AvgIpc) is 2.96. The molecule has 2 aliphatic heterocycles. The second kappa shape index (κ2) is 5.76. The standard InChI is InChI=1S/C15H17N5OS/c1-18-12-13(19(2)15(18)21)20(14(22)17-12)16-10-6-9-11-7-4-3-5-8-11/h3-10,12-13H,1-2H3,(H,17,22)/b9-6+,16-10+. The molecule has 114 valence electrons. The van der Waals surface area contributed by atoms with Crippen molar-refractivity contribution in [3.8, 4) is 0 Å². The summed E-state index contributed by atoms with van der Waals surface area (Å²) < 4.78 is 0. The largest absolute Gasteiger partial charge is 0.337 e. The van der Waals surface area contributed by atoms with Gasteiger partial charge in [0.2, 0.25) is 0 Å². The molecule has 0 saturated carbocycles. The van der Waals surface area contributed by atoms with Crippen molar-refractivity contribution >= 4 is 35.7 Å². The molecule has 6 nitrogen and oxygen atoms in total. The molecule has 0 aliphatic carbocycles. The first-order valence-corrected chi connectivity index (χ1v) is 7.35. The van der Waals surface area contributed by atoms with Crippen LogP contribution < -0.4 is 5.32 Å². The van der Waals surface area contributed by atoms with E-state index in [-0.39, 0.29) is 18.4 Å². The smallest absolute Gasteiger partial charge is 0.323 e. The number of hydrazone groups is 1. The van der Waals surface area contributed by atoms with Gasteiger partial charge < -0.3 is 15.1 Å². The van der Waals surface area contributed by atoms with Crippen LogP contribution >= 0.6 is 12.2 Å². The summed E-state index contributed by atoms with van der Waals surface area (Å²) in [5.41, 5.74) is 1.10. The third-order valence-electron chi connectivity index (χ3n) is 3.80. The Labute approximate surface area is 134 Å². The number of hydrogen-bond donors (Lipinski definition) is 1. The fraction of sp³-hybridized carbons (Fsp3) is 0.267. The monoisotopic (exact) mass is 315 g/mol. The van der Waals surface area contributed by atoms with Gasteiger partial charge in [-0.25, -0.2) is 9.80 Å². The molecule has 2 amide bonds. The van der Waals surface area contributed by atoms with E-state index in [2.05, 4.69) is 10.4 Å². The van der Waals surface area contributed by atoms with E-state index in [0.29, 0.717) is 5.11 Å². The van der Waals surface area contributed by atoms with Gasteiger partial charge in [-0.05, 0) is 23.9 Å². The minimum Gasteiger partial charge on any atom is -0.337 e. The van der Waals surface area contributed by atoms with E-state index in [4.69, 9.17) is 12.2 Å². The number of allylic oxidation sites excluding steroid dienone is 1. The Morgan fingerprint density at radius 3 is 2.68 bits per heavy atom. The Morgan fingerprint density at radius 2 is 1.95 bits per heavy atom. The van der Waals surface area contributed by atoms with Crippen molar-refractivity contribution < 1.29 is 4.79 Å². The number of nitrogens with one attached hydrogen (secondary N) is 1. The minimum absolute atomic E-state index is 0.0509. The number of thiocarbonyl (C=S) groups is 1. The minimum atomic E-state index is -0.216. The summed E-state index contributed by atoms with van der Waals surface area (Å²) in [5, 5.41) is 9.68. The van der Waals surface area contributed by atoms with Crippen LogP contribution in [-0.2, 0) is 0 Å². The zero-order chi connectivity index (χ0) is 15.7. The molecule has 1 N–H and O–H groups in total. The first-order chi connectivity index (χ1) is 10.6. The topological polar surface area (TPSA) is 51.2 Å². The number of likely N-dealkylation sites (N-methyl/N-ethyl adjacent to an activating group) is 2. The van der Waals surface area contributed by atoms with Crippen LogP contribution in [0.2, 0.25) is 0 Å². The fourth-order valence-electron chi connectivity index (χ4n) is 2.62. The summed E-state index contributed by atoms with van der Waals surface area (Å²) in [5.74, 6) is 0. The van der Waals surface area contributed by atoms with Crippen molar-refractivity contribution in [3.63, 3.8) is 0 Å². The summed E-state index contributed by atoms with van der Waals surface area (Å²) in [6.45, 7) is 0. The first kappa shape index (κ1) is 14.5. The second-order valence-corrected chi connectivity index (χ2v) is 5.58. The van der Waals surface area contributed by atoms with Crippen molar-refractivity contribution in [1.29, 1.82) is 0 Å². The molecule has 2 unspecified atom stereocenters. The Bertz CT molecular complexity index is 645. The lowest BCUT2D eigenvalue weighted by molar-refractivity contribution is 0.174. The molecular formula is C15H17N5OS. The fourth-order valence-corrected chi connectivity index (χ4v) is 2.90. The van der Waals surface area contributed by atoms with E-state index in [1.165, 1.54) is 0 Å². The van der Waals surface area contributed by atoms with Gasteiger partial charge in [-0.2, -0.15) is 5.10 Å². The van der Waals surface area contributed by atoms with E-state index in [1.54, 1.807) is 35.1 Å².